The van der Waals surface area contributed by atoms with Crippen molar-refractivity contribution in [3.8, 4) is 0 Å². The third kappa shape index (κ3) is 3.50. The van der Waals surface area contributed by atoms with Crippen molar-refractivity contribution in [2.75, 3.05) is 20.3 Å². The third-order valence-corrected chi connectivity index (χ3v) is 4.99. The molecule has 1 aromatic heterocycles. The average molecular weight is 337 g/mol. The maximum absolute atomic E-state index is 12.4. The minimum atomic E-state index is -3.53. The van der Waals surface area contributed by atoms with Crippen LogP contribution in [0.25, 0.3) is 0 Å². The molecule has 1 unspecified atom stereocenters. The van der Waals surface area contributed by atoms with Crippen molar-refractivity contribution in [2.45, 2.75) is 24.8 Å². The number of nitrogens with zero attached hydrogens (tertiary/aromatic N) is 2. The van der Waals surface area contributed by atoms with Crippen molar-refractivity contribution in [1.29, 1.82) is 0 Å². The van der Waals surface area contributed by atoms with Crippen LogP contribution in [-0.4, -0.2) is 44.0 Å². The number of methoxy groups -OCH3 is 1. The van der Waals surface area contributed by atoms with E-state index in [9.17, 15) is 8.42 Å². The summed E-state index contributed by atoms with van der Waals surface area (Å²) in [7, 11) is -1.98. The maximum Gasteiger partial charge on any atom is 0.244 e. The maximum atomic E-state index is 12.4. The van der Waals surface area contributed by atoms with Gasteiger partial charge in [-0.25, -0.2) is 8.42 Å². The van der Waals surface area contributed by atoms with Crippen LogP contribution in [0.3, 0.4) is 0 Å². The van der Waals surface area contributed by atoms with Gasteiger partial charge in [-0.05, 0) is 28.9 Å². The van der Waals surface area contributed by atoms with Gasteiger partial charge < -0.3 is 4.74 Å². The Balaban J connectivity index is 3.11. The summed E-state index contributed by atoms with van der Waals surface area (Å²) in [5, 5.41) is 0. The fourth-order valence-electron chi connectivity index (χ4n) is 1.71. The summed E-state index contributed by atoms with van der Waals surface area (Å²) in [5.74, 6) is 0. The first-order valence-corrected chi connectivity index (χ1v) is 7.78. The van der Waals surface area contributed by atoms with Crippen molar-refractivity contribution >= 4 is 26.0 Å². The van der Waals surface area contributed by atoms with Gasteiger partial charge in [-0.3, -0.25) is 4.98 Å². The lowest BCUT2D eigenvalue weighted by Gasteiger charge is -2.26. The zero-order valence-corrected chi connectivity index (χ0v) is 13.0. The molecule has 0 aliphatic heterocycles. The molecule has 5 nitrogen and oxygen atoms in total. The summed E-state index contributed by atoms with van der Waals surface area (Å²) in [6.45, 7) is 4.36. The quantitative estimate of drug-likeness (QED) is 0.795. The number of halogens is 1. The highest BCUT2D eigenvalue weighted by Gasteiger charge is 2.28. The summed E-state index contributed by atoms with van der Waals surface area (Å²) in [4.78, 5) is 4.07. The Morgan fingerprint density at radius 2 is 2.17 bits per heavy atom. The Morgan fingerprint density at radius 1 is 1.50 bits per heavy atom. The zero-order valence-electron chi connectivity index (χ0n) is 10.6. The first-order chi connectivity index (χ1) is 8.43. The second-order valence-corrected chi connectivity index (χ2v) is 6.66. The molecule has 0 spiro atoms. The average Bonchev–Trinajstić information content (AvgIpc) is 2.30. The molecular weight excluding hydrogens is 320 g/mol. The van der Waals surface area contributed by atoms with E-state index in [2.05, 4.69) is 20.9 Å². The van der Waals surface area contributed by atoms with E-state index >= 15 is 0 Å². The molecule has 0 N–H and O–H groups in total. The van der Waals surface area contributed by atoms with E-state index in [0.717, 1.165) is 0 Å². The van der Waals surface area contributed by atoms with E-state index in [1.165, 1.54) is 10.5 Å². The lowest BCUT2D eigenvalue weighted by molar-refractivity contribution is 0.142. The molecule has 1 heterocycles. The van der Waals surface area contributed by atoms with Gasteiger partial charge in [0.05, 0.1) is 6.61 Å². The molecule has 1 atom stereocenters. The van der Waals surface area contributed by atoms with Crippen molar-refractivity contribution < 1.29 is 13.2 Å². The van der Waals surface area contributed by atoms with Crippen molar-refractivity contribution in [1.82, 2.24) is 9.29 Å². The van der Waals surface area contributed by atoms with Gasteiger partial charge in [-0.2, -0.15) is 4.31 Å². The predicted molar refractivity (Wildman–Crippen MR) is 72.8 cm³/mol. The monoisotopic (exact) mass is 336 g/mol. The molecule has 1 aromatic rings. The Hall–Kier alpha value is -0.500. The Kier molecular flexibility index (Phi) is 5.71. The van der Waals surface area contributed by atoms with Gasteiger partial charge >= 0.3 is 0 Å². The Labute approximate surface area is 116 Å². The minimum absolute atomic E-state index is 0.182. The van der Waals surface area contributed by atoms with Gasteiger partial charge in [-0.1, -0.05) is 6.92 Å². The highest BCUT2D eigenvalue weighted by molar-refractivity contribution is 9.10. The third-order valence-electron chi connectivity index (χ3n) is 2.50. The summed E-state index contributed by atoms with van der Waals surface area (Å²) >= 11 is 3.22. The van der Waals surface area contributed by atoms with E-state index < -0.39 is 10.0 Å². The number of likely N-dealkylation sites (N-methyl/N-ethyl adjacent to an activating group) is 1. The standard InChI is InChI=1S/C11H17BrN2O3S/c1-4-14(9(2)8-17-3)18(15,16)11-5-10(12)6-13-7-11/h5-7,9H,4,8H2,1-3H3. The zero-order chi connectivity index (χ0) is 13.8. The minimum Gasteiger partial charge on any atom is -0.383 e. The molecular formula is C11H17BrN2O3S. The van der Waals surface area contributed by atoms with E-state index in [-0.39, 0.29) is 10.9 Å². The van der Waals surface area contributed by atoms with Crippen LogP contribution in [0.5, 0.6) is 0 Å². The van der Waals surface area contributed by atoms with Gasteiger partial charge in [0.2, 0.25) is 10.0 Å². The normalized spacial score (nSPS) is 13.8. The van der Waals surface area contributed by atoms with Crippen LogP contribution in [0.2, 0.25) is 0 Å². The number of hydrogen-bond donors (Lipinski definition) is 0. The molecule has 0 fully saturated rings. The molecule has 7 heteroatoms. The summed E-state index contributed by atoms with van der Waals surface area (Å²) in [6, 6.07) is 1.33. The van der Waals surface area contributed by atoms with Gasteiger partial charge in [0.15, 0.2) is 0 Å². The molecule has 0 amide bonds. The van der Waals surface area contributed by atoms with Crippen LogP contribution in [0.1, 0.15) is 13.8 Å². The van der Waals surface area contributed by atoms with E-state index in [1.807, 2.05) is 6.92 Å². The van der Waals surface area contributed by atoms with Crippen LogP contribution in [-0.2, 0) is 14.8 Å². The van der Waals surface area contributed by atoms with Gasteiger partial charge in [0.25, 0.3) is 0 Å². The molecule has 0 aliphatic rings. The SMILES string of the molecule is CCN(C(C)COC)S(=O)(=O)c1cncc(Br)c1. The second kappa shape index (κ2) is 6.60. The molecule has 0 radical (unpaired) electrons. The smallest absolute Gasteiger partial charge is 0.244 e. The first kappa shape index (κ1) is 15.6. The molecule has 0 aromatic carbocycles. The van der Waals surface area contributed by atoms with Crippen molar-refractivity contribution in [3.05, 3.63) is 22.9 Å². The Morgan fingerprint density at radius 3 is 2.67 bits per heavy atom. The molecule has 0 aliphatic carbocycles. The highest BCUT2D eigenvalue weighted by Crippen LogP contribution is 2.20. The number of sulfonamides is 1. The van der Waals surface area contributed by atoms with E-state index in [4.69, 9.17) is 4.74 Å². The van der Waals surface area contributed by atoms with Crippen LogP contribution in [0.15, 0.2) is 27.8 Å². The number of ether oxygens (including phenoxy) is 1. The molecule has 0 bridgehead atoms. The second-order valence-electron chi connectivity index (χ2n) is 3.85. The summed E-state index contributed by atoms with van der Waals surface area (Å²) in [5.41, 5.74) is 0. The lowest BCUT2D eigenvalue weighted by Crippen LogP contribution is -2.40. The van der Waals surface area contributed by atoms with E-state index in [1.54, 1.807) is 26.3 Å². The summed E-state index contributed by atoms with van der Waals surface area (Å²) < 4.78 is 31.9. The van der Waals surface area contributed by atoms with Crippen LogP contribution in [0.4, 0.5) is 0 Å². The predicted octanol–water partition coefficient (Wildman–Crippen LogP) is 1.89. The molecule has 18 heavy (non-hydrogen) atoms. The fourth-order valence-corrected chi connectivity index (χ4v) is 3.84. The molecule has 0 saturated heterocycles. The van der Waals surface area contributed by atoms with Gasteiger partial charge in [0.1, 0.15) is 4.90 Å². The number of aromatic nitrogens is 1. The first-order valence-electron chi connectivity index (χ1n) is 5.54. The fraction of sp³-hybridized carbons (Fsp3) is 0.545. The van der Waals surface area contributed by atoms with Gasteiger partial charge in [-0.15, -0.1) is 0 Å². The topological polar surface area (TPSA) is 59.5 Å². The van der Waals surface area contributed by atoms with Crippen molar-refractivity contribution in [3.63, 3.8) is 0 Å². The number of hydrogen-bond acceptors (Lipinski definition) is 4. The molecule has 0 saturated carbocycles. The van der Waals surface area contributed by atoms with Gasteiger partial charge in [0, 0.05) is 36.6 Å². The molecule has 102 valence electrons. The summed E-state index contributed by atoms with van der Waals surface area (Å²) in [6.07, 6.45) is 2.90. The lowest BCUT2D eigenvalue weighted by atomic mass is 10.4. The number of pyridine rings is 1. The van der Waals surface area contributed by atoms with Crippen LogP contribution in [0, 0.1) is 0 Å². The largest absolute Gasteiger partial charge is 0.383 e. The number of rotatable bonds is 6. The van der Waals surface area contributed by atoms with Crippen LogP contribution >= 0.6 is 15.9 Å². The van der Waals surface area contributed by atoms with Crippen LogP contribution < -0.4 is 0 Å². The highest BCUT2D eigenvalue weighted by atomic mass is 79.9. The Bertz CT molecular complexity index is 493. The molecule has 1 rings (SSSR count). The van der Waals surface area contributed by atoms with E-state index in [0.29, 0.717) is 17.6 Å². The van der Waals surface area contributed by atoms with Crippen molar-refractivity contribution in [2.24, 2.45) is 0 Å².